The van der Waals surface area contributed by atoms with Crippen molar-refractivity contribution in [3.8, 4) is 0 Å². The van der Waals surface area contributed by atoms with E-state index in [0.29, 0.717) is 28.2 Å². The highest BCUT2D eigenvalue weighted by Crippen LogP contribution is 2.49. The molecule has 0 radical (unpaired) electrons. The number of nitrogens with zero attached hydrogens (tertiary/aromatic N) is 2. The highest BCUT2D eigenvalue weighted by Gasteiger charge is 2.54. The fraction of sp³-hybridized carbons (Fsp3) is 0.400. The van der Waals surface area contributed by atoms with E-state index in [0.717, 1.165) is 24.1 Å². The van der Waals surface area contributed by atoms with Crippen LogP contribution in [0.25, 0.3) is 0 Å². The van der Waals surface area contributed by atoms with Crippen molar-refractivity contribution in [3.05, 3.63) is 70.1 Å². The second kappa shape index (κ2) is 7.49. The Kier molecular flexibility index (Phi) is 4.89. The Morgan fingerprint density at radius 2 is 1.81 bits per heavy atom. The quantitative estimate of drug-likeness (QED) is 0.662. The van der Waals surface area contributed by atoms with Gasteiger partial charge in [0.15, 0.2) is 11.5 Å². The molecular formula is C25H25ClN2O3. The third-order valence-electron chi connectivity index (χ3n) is 7.00. The average molecular weight is 437 g/mol. The number of carbonyl (C=O) groups excluding carboxylic acids is 2. The maximum atomic E-state index is 13.8. The van der Waals surface area contributed by atoms with Crippen molar-refractivity contribution in [3.63, 3.8) is 0 Å². The Hall–Kier alpha value is -2.66. The maximum Gasteiger partial charge on any atom is 0.295 e. The molecule has 1 aromatic carbocycles. The van der Waals surface area contributed by atoms with Gasteiger partial charge in [-0.2, -0.15) is 0 Å². The molecule has 0 spiro atoms. The van der Waals surface area contributed by atoms with E-state index in [1.807, 2.05) is 37.3 Å². The Balaban J connectivity index is 1.65. The Labute approximate surface area is 187 Å². The van der Waals surface area contributed by atoms with Gasteiger partial charge in [0.05, 0.1) is 17.5 Å². The third kappa shape index (κ3) is 3.26. The van der Waals surface area contributed by atoms with E-state index in [-0.39, 0.29) is 29.5 Å². The number of anilines is 1. The lowest BCUT2D eigenvalue weighted by Crippen LogP contribution is -2.43. The SMILES string of the molecule is Cc1cccc(N2C(=O)C3=C(C(=O)C4CC(C)C(C)CC4O3)C2c2cccc(Cl)c2)n1. The Bertz CT molecular complexity index is 1110. The molecule has 2 aliphatic heterocycles. The summed E-state index contributed by atoms with van der Waals surface area (Å²) in [6.45, 7) is 6.26. The van der Waals surface area contributed by atoms with Crippen molar-refractivity contribution in [2.24, 2.45) is 17.8 Å². The van der Waals surface area contributed by atoms with E-state index in [1.54, 1.807) is 17.0 Å². The highest BCUT2D eigenvalue weighted by molar-refractivity contribution is 6.30. The second-order valence-electron chi connectivity index (χ2n) is 9.07. The normalized spacial score (nSPS) is 30.2. The van der Waals surface area contributed by atoms with Crippen molar-refractivity contribution >= 4 is 29.1 Å². The summed E-state index contributed by atoms with van der Waals surface area (Å²) in [6, 6.07) is 12.3. The molecule has 5 rings (SSSR count). The number of hydrogen-bond donors (Lipinski definition) is 0. The van der Waals surface area contributed by atoms with Crippen molar-refractivity contribution in [1.29, 1.82) is 0 Å². The summed E-state index contributed by atoms with van der Waals surface area (Å²) in [5.41, 5.74) is 2.02. The summed E-state index contributed by atoms with van der Waals surface area (Å²) in [6.07, 6.45) is 1.32. The van der Waals surface area contributed by atoms with Crippen LogP contribution in [0.5, 0.6) is 0 Å². The molecule has 0 N–H and O–H groups in total. The topological polar surface area (TPSA) is 59.5 Å². The highest BCUT2D eigenvalue weighted by atomic mass is 35.5. The molecule has 0 bridgehead atoms. The van der Waals surface area contributed by atoms with Crippen LogP contribution in [0.3, 0.4) is 0 Å². The van der Waals surface area contributed by atoms with Crippen LogP contribution in [0, 0.1) is 24.7 Å². The zero-order valence-electron chi connectivity index (χ0n) is 17.8. The predicted octanol–water partition coefficient (Wildman–Crippen LogP) is 5.04. The molecule has 1 amide bonds. The van der Waals surface area contributed by atoms with Crippen molar-refractivity contribution in [2.45, 2.75) is 45.8 Å². The number of hydrogen-bond acceptors (Lipinski definition) is 4. The van der Waals surface area contributed by atoms with Crippen LogP contribution in [-0.2, 0) is 14.3 Å². The molecule has 5 unspecified atom stereocenters. The second-order valence-corrected chi connectivity index (χ2v) is 9.50. The van der Waals surface area contributed by atoms with Crippen LogP contribution in [0.15, 0.2) is 53.8 Å². The molecule has 1 saturated carbocycles. The molecular weight excluding hydrogens is 412 g/mol. The zero-order chi connectivity index (χ0) is 21.9. The lowest BCUT2D eigenvalue weighted by Gasteiger charge is -2.40. The fourth-order valence-corrected chi connectivity index (χ4v) is 5.35. The number of ether oxygens (including phenoxy) is 1. The summed E-state index contributed by atoms with van der Waals surface area (Å²) in [7, 11) is 0. The van der Waals surface area contributed by atoms with E-state index in [9.17, 15) is 9.59 Å². The Morgan fingerprint density at radius 3 is 2.55 bits per heavy atom. The van der Waals surface area contributed by atoms with Crippen LogP contribution >= 0.6 is 11.6 Å². The third-order valence-corrected chi connectivity index (χ3v) is 7.23. The number of aromatic nitrogens is 1. The average Bonchev–Trinajstić information content (AvgIpc) is 3.02. The minimum absolute atomic E-state index is 0.0264. The number of rotatable bonds is 2. The van der Waals surface area contributed by atoms with Gasteiger partial charge >= 0.3 is 0 Å². The van der Waals surface area contributed by atoms with Gasteiger partial charge in [0.2, 0.25) is 0 Å². The first-order valence-corrected chi connectivity index (χ1v) is 11.2. The molecule has 1 fully saturated rings. The molecule has 2 aromatic rings. The van der Waals surface area contributed by atoms with Crippen molar-refractivity contribution < 1.29 is 14.3 Å². The van der Waals surface area contributed by atoms with Gasteiger partial charge in [-0.05, 0) is 61.4 Å². The van der Waals surface area contributed by atoms with E-state index in [1.165, 1.54) is 0 Å². The van der Waals surface area contributed by atoms with Gasteiger partial charge in [0.25, 0.3) is 5.91 Å². The number of amides is 1. The molecule has 5 atom stereocenters. The number of Topliss-reactive ketones (excluding diaryl/α,β-unsaturated/α-hetero) is 1. The first kappa shape index (κ1) is 20.3. The van der Waals surface area contributed by atoms with Crippen LogP contribution < -0.4 is 4.90 Å². The van der Waals surface area contributed by atoms with Crippen LogP contribution in [0.2, 0.25) is 5.02 Å². The fourth-order valence-electron chi connectivity index (χ4n) is 5.15. The molecule has 31 heavy (non-hydrogen) atoms. The van der Waals surface area contributed by atoms with Crippen molar-refractivity contribution in [1.82, 2.24) is 4.98 Å². The largest absolute Gasteiger partial charge is 0.483 e. The maximum absolute atomic E-state index is 13.8. The smallest absolute Gasteiger partial charge is 0.295 e. The molecule has 5 nitrogen and oxygen atoms in total. The first-order chi connectivity index (χ1) is 14.8. The van der Waals surface area contributed by atoms with Crippen LogP contribution in [-0.4, -0.2) is 22.8 Å². The number of pyridine rings is 1. The van der Waals surface area contributed by atoms with Gasteiger partial charge in [-0.1, -0.05) is 43.6 Å². The standard InChI is InChI=1S/C25H25ClN2O3/c1-13-10-18-19(11-14(13)2)31-24-21(23(18)29)22(16-7-5-8-17(26)12-16)28(25(24)30)20-9-4-6-15(3)27-20/h4-9,12-14,18-19,22H,10-11H2,1-3H3. The van der Waals surface area contributed by atoms with E-state index < -0.39 is 6.04 Å². The van der Waals surface area contributed by atoms with Gasteiger partial charge in [0, 0.05) is 10.7 Å². The van der Waals surface area contributed by atoms with Gasteiger partial charge in [-0.25, -0.2) is 4.98 Å². The summed E-state index contributed by atoms with van der Waals surface area (Å²) >= 11 is 6.28. The minimum Gasteiger partial charge on any atom is -0.483 e. The molecule has 1 aliphatic carbocycles. The summed E-state index contributed by atoms with van der Waals surface area (Å²) in [5, 5.41) is 0.554. The number of ketones is 1. The van der Waals surface area contributed by atoms with E-state index in [4.69, 9.17) is 16.3 Å². The van der Waals surface area contributed by atoms with Gasteiger partial charge in [0.1, 0.15) is 11.9 Å². The van der Waals surface area contributed by atoms with E-state index >= 15 is 0 Å². The van der Waals surface area contributed by atoms with Gasteiger partial charge in [-0.15, -0.1) is 0 Å². The number of aryl methyl sites for hydroxylation is 1. The number of fused-ring (bicyclic) bond motifs is 1. The van der Waals surface area contributed by atoms with Crippen LogP contribution in [0.4, 0.5) is 5.82 Å². The summed E-state index contributed by atoms with van der Waals surface area (Å²) < 4.78 is 6.29. The number of benzene rings is 1. The lowest BCUT2D eigenvalue weighted by atomic mass is 9.70. The zero-order valence-corrected chi connectivity index (χ0v) is 18.6. The molecule has 1 aromatic heterocycles. The summed E-state index contributed by atoms with van der Waals surface area (Å²) in [4.78, 5) is 33.6. The first-order valence-electron chi connectivity index (χ1n) is 10.8. The van der Waals surface area contributed by atoms with Gasteiger partial charge < -0.3 is 4.74 Å². The predicted molar refractivity (Wildman–Crippen MR) is 119 cm³/mol. The van der Waals surface area contributed by atoms with Gasteiger partial charge in [-0.3, -0.25) is 14.5 Å². The number of carbonyl (C=O) groups is 2. The number of halogens is 1. The molecule has 6 heteroatoms. The Morgan fingerprint density at radius 1 is 1.06 bits per heavy atom. The van der Waals surface area contributed by atoms with Crippen molar-refractivity contribution in [2.75, 3.05) is 4.90 Å². The summed E-state index contributed by atoms with van der Waals surface area (Å²) in [5.74, 6) is 1.07. The molecule has 3 heterocycles. The minimum atomic E-state index is -0.599. The lowest BCUT2D eigenvalue weighted by molar-refractivity contribution is -0.134. The monoisotopic (exact) mass is 436 g/mol. The van der Waals surface area contributed by atoms with Crippen LogP contribution in [0.1, 0.15) is 44.0 Å². The molecule has 0 saturated heterocycles. The molecule has 3 aliphatic rings. The van der Waals surface area contributed by atoms with E-state index in [2.05, 4.69) is 18.8 Å². The molecule has 160 valence electrons.